The number of esters is 1. The highest BCUT2D eigenvalue weighted by Gasteiger charge is 2.29. The van der Waals surface area contributed by atoms with E-state index in [1.54, 1.807) is 7.05 Å². The molecule has 0 radical (unpaired) electrons. The molecule has 104 valence electrons. The van der Waals surface area contributed by atoms with Gasteiger partial charge in [-0.25, -0.2) is 8.42 Å². The molecule has 0 unspecified atom stereocenters. The summed E-state index contributed by atoms with van der Waals surface area (Å²) in [6.07, 6.45) is 0.271. The zero-order valence-corrected chi connectivity index (χ0v) is 11.4. The molecule has 0 saturated carbocycles. The number of methoxy groups -OCH3 is 1. The van der Waals surface area contributed by atoms with Gasteiger partial charge in [0.05, 0.1) is 19.4 Å². The van der Waals surface area contributed by atoms with Crippen LogP contribution in [0.1, 0.15) is 12.8 Å². The predicted molar refractivity (Wildman–Crippen MR) is 64.2 cm³/mol. The van der Waals surface area contributed by atoms with Crippen molar-refractivity contribution < 1.29 is 22.7 Å². The van der Waals surface area contributed by atoms with Gasteiger partial charge in [-0.2, -0.15) is 4.31 Å². The van der Waals surface area contributed by atoms with Gasteiger partial charge in [-0.1, -0.05) is 0 Å². The van der Waals surface area contributed by atoms with E-state index < -0.39 is 16.0 Å². The van der Waals surface area contributed by atoms with Crippen LogP contribution in [-0.4, -0.2) is 69.0 Å². The Bertz CT molecular complexity index is 420. The van der Waals surface area contributed by atoms with E-state index in [9.17, 15) is 18.0 Å². The molecule has 0 aliphatic carbocycles. The van der Waals surface area contributed by atoms with E-state index in [0.29, 0.717) is 13.1 Å². The van der Waals surface area contributed by atoms with Crippen LogP contribution in [0.4, 0.5) is 0 Å². The first-order valence-corrected chi connectivity index (χ1v) is 7.26. The fourth-order valence-electron chi connectivity index (χ4n) is 1.60. The van der Waals surface area contributed by atoms with Crippen molar-refractivity contribution in [3.8, 4) is 0 Å². The zero-order chi connectivity index (χ0) is 13.8. The lowest BCUT2D eigenvalue weighted by molar-refractivity contribution is -0.140. The molecule has 0 aromatic heterocycles. The van der Waals surface area contributed by atoms with Crippen LogP contribution in [0.15, 0.2) is 0 Å². The molecule has 0 atom stereocenters. The summed E-state index contributed by atoms with van der Waals surface area (Å²) in [5, 5.41) is 0. The number of amides is 1. The largest absolute Gasteiger partial charge is 0.469 e. The summed E-state index contributed by atoms with van der Waals surface area (Å²) in [7, 11) is -0.563. The van der Waals surface area contributed by atoms with Gasteiger partial charge in [0.25, 0.3) is 0 Å². The second-order valence-corrected chi connectivity index (χ2v) is 6.23. The topological polar surface area (TPSA) is 84.0 Å². The van der Waals surface area contributed by atoms with Crippen molar-refractivity contribution in [2.75, 3.05) is 39.5 Å². The standard InChI is InChI=1S/C10H18N2O5S/c1-11-5-6-12(8-9(11)13)18(15,16)7-3-4-10(14)17-2/h3-8H2,1-2H3. The number of carbonyl (C=O) groups excluding carboxylic acids is 2. The van der Waals surface area contributed by atoms with Crippen LogP contribution in [0, 0.1) is 0 Å². The van der Waals surface area contributed by atoms with Gasteiger partial charge in [0.15, 0.2) is 0 Å². The molecule has 1 saturated heterocycles. The van der Waals surface area contributed by atoms with Crippen LogP contribution in [0.5, 0.6) is 0 Å². The summed E-state index contributed by atoms with van der Waals surface area (Å²) in [6.45, 7) is 0.592. The van der Waals surface area contributed by atoms with Gasteiger partial charge in [-0.05, 0) is 6.42 Å². The molecule has 18 heavy (non-hydrogen) atoms. The number of hydrogen-bond acceptors (Lipinski definition) is 5. The highest BCUT2D eigenvalue weighted by atomic mass is 32.2. The average Bonchev–Trinajstić information content (AvgIpc) is 2.32. The summed E-state index contributed by atoms with van der Waals surface area (Å²) < 4.78 is 29.4. The lowest BCUT2D eigenvalue weighted by Gasteiger charge is -2.31. The molecule has 1 aliphatic rings. The maximum absolute atomic E-state index is 11.9. The molecule has 0 aromatic rings. The molecular formula is C10H18N2O5S. The monoisotopic (exact) mass is 278 g/mol. The summed E-state index contributed by atoms with van der Waals surface area (Å²) in [5.41, 5.74) is 0. The number of ether oxygens (including phenoxy) is 1. The lowest BCUT2D eigenvalue weighted by atomic mass is 10.3. The number of hydrogen-bond donors (Lipinski definition) is 0. The smallest absolute Gasteiger partial charge is 0.305 e. The third-order valence-corrected chi connectivity index (χ3v) is 4.73. The maximum Gasteiger partial charge on any atom is 0.305 e. The minimum Gasteiger partial charge on any atom is -0.469 e. The molecule has 1 rings (SSSR count). The molecule has 0 aromatic carbocycles. The lowest BCUT2D eigenvalue weighted by Crippen LogP contribution is -2.51. The number of sulfonamides is 1. The Balaban J connectivity index is 2.49. The average molecular weight is 278 g/mol. The Morgan fingerprint density at radius 1 is 1.39 bits per heavy atom. The van der Waals surface area contributed by atoms with Crippen LogP contribution >= 0.6 is 0 Å². The number of piperazine rings is 1. The van der Waals surface area contributed by atoms with Crippen molar-refractivity contribution in [3.05, 3.63) is 0 Å². The summed E-state index contributed by atoms with van der Waals surface area (Å²) in [6, 6.07) is 0. The summed E-state index contributed by atoms with van der Waals surface area (Å²) in [5.74, 6) is -0.781. The molecule has 1 amide bonds. The summed E-state index contributed by atoms with van der Waals surface area (Å²) >= 11 is 0. The van der Waals surface area contributed by atoms with Gasteiger partial charge in [-0.3, -0.25) is 9.59 Å². The van der Waals surface area contributed by atoms with E-state index in [-0.39, 0.29) is 31.0 Å². The molecule has 7 nitrogen and oxygen atoms in total. The fourth-order valence-corrected chi connectivity index (χ4v) is 3.04. The van der Waals surface area contributed by atoms with E-state index in [0.717, 1.165) is 0 Å². The van der Waals surface area contributed by atoms with Crippen LogP contribution in [0.3, 0.4) is 0 Å². The molecule has 1 aliphatic heterocycles. The van der Waals surface area contributed by atoms with E-state index in [2.05, 4.69) is 4.74 Å². The Morgan fingerprint density at radius 2 is 2.06 bits per heavy atom. The van der Waals surface area contributed by atoms with Crippen LogP contribution in [0.2, 0.25) is 0 Å². The Labute approximate surface area is 107 Å². The normalized spacial score (nSPS) is 17.9. The Hall–Kier alpha value is -1.15. The highest BCUT2D eigenvalue weighted by Crippen LogP contribution is 2.09. The van der Waals surface area contributed by atoms with E-state index in [4.69, 9.17) is 0 Å². The van der Waals surface area contributed by atoms with Crippen molar-refractivity contribution in [2.24, 2.45) is 0 Å². The maximum atomic E-state index is 11.9. The Kier molecular flexibility index (Phi) is 5.09. The number of carbonyl (C=O) groups is 2. The summed E-state index contributed by atoms with van der Waals surface area (Å²) in [4.78, 5) is 23.8. The molecule has 0 bridgehead atoms. The van der Waals surface area contributed by atoms with Crippen molar-refractivity contribution in [2.45, 2.75) is 12.8 Å². The van der Waals surface area contributed by atoms with Crippen LogP contribution in [0.25, 0.3) is 0 Å². The van der Waals surface area contributed by atoms with Crippen LogP contribution < -0.4 is 0 Å². The molecule has 1 fully saturated rings. The fraction of sp³-hybridized carbons (Fsp3) is 0.800. The second-order valence-electron chi connectivity index (χ2n) is 4.14. The van der Waals surface area contributed by atoms with Crippen molar-refractivity contribution in [1.29, 1.82) is 0 Å². The van der Waals surface area contributed by atoms with Gasteiger partial charge in [0.2, 0.25) is 15.9 Å². The van der Waals surface area contributed by atoms with Gasteiger partial charge in [0, 0.05) is 26.6 Å². The van der Waals surface area contributed by atoms with Crippen molar-refractivity contribution in [1.82, 2.24) is 9.21 Å². The number of nitrogens with zero attached hydrogens (tertiary/aromatic N) is 2. The number of rotatable bonds is 5. The predicted octanol–water partition coefficient (Wildman–Crippen LogP) is -0.957. The van der Waals surface area contributed by atoms with Gasteiger partial charge >= 0.3 is 5.97 Å². The molecule has 0 spiro atoms. The molecule has 1 heterocycles. The zero-order valence-electron chi connectivity index (χ0n) is 10.6. The van der Waals surface area contributed by atoms with Crippen molar-refractivity contribution in [3.63, 3.8) is 0 Å². The SMILES string of the molecule is COC(=O)CCCS(=O)(=O)N1CCN(C)C(=O)C1. The minimum absolute atomic E-state index is 0.0669. The first-order chi connectivity index (χ1) is 8.36. The van der Waals surface area contributed by atoms with Crippen molar-refractivity contribution >= 4 is 21.9 Å². The van der Waals surface area contributed by atoms with E-state index in [1.807, 2.05) is 0 Å². The quantitative estimate of drug-likeness (QED) is 0.605. The molecule has 8 heteroatoms. The van der Waals surface area contributed by atoms with E-state index >= 15 is 0 Å². The first kappa shape index (κ1) is 14.9. The third-order valence-electron chi connectivity index (χ3n) is 2.83. The Morgan fingerprint density at radius 3 is 2.61 bits per heavy atom. The first-order valence-electron chi connectivity index (χ1n) is 5.65. The third kappa shape index (κ3) is 3.95. The minimum atomic E-state index is -3.47. The molecule has 0 N–H and O–H groups in total. The second kappa shape index (κ2) is 6.14. The number of likely N-dealkylation sites (N-methyl/N-ethyl adjacent to an activating group) is 1. The van der Waals surface area contributed by atoms with Crippen LogP contribution in [-0.2, 0) is 24.3 Å². The van der Waals surface area contributed by atoms with Gasteiger partial charge < -0.3 is 9.64 Å². The van der Waals surface area contributed by atoms with Gasteiger partial charge in [-0.15, -0.1) is 0 Å². The molecular weight excluding hydrogens is 260 g/mol. The highest BCUT2D eigenvalue weighted by molar-refractivity contribution is 7.89. The van der Waals surface area contributed by atoms with Gasteiger partial charge in [0.1, 0.15) is 0 Å². The van der Waals surface area contributed by atoms with E-state index in [1.165, 1.54) is 16.3 Å².